The van der Waals surface area contributed by atoms with Gasteiger partial charge in [0.25, 0.3) is 0 Å². The van der Waals surface area contributed by atoms with E-state index in [4.69, 9.17) is 0 Å². The average molecular weight is 253 g/mol. The van der Waals surface area contributed by atoms with Gasteiger partial charge in [-0.2, -0.15) is 0 Å². The van der Waals surface area contributed by atoms with Crippen LogP contribution in [0.1, 0.15) is 13.8 Å². The third kappa shape index (κ3) is 2.68. The van der Waals surface area contributed by atoms with Gasteiger partial charge in [0.1, 0.15) is 0 Å². The number of rotatable bonds is 1. The number of halogens is 1. The van der Waals surface area contributed by atoms with Crippen LogP contribution in [0.4, 0.5) is 0 Å². The summed E-state index contributed by atoms with van der Waals surface area (Å²) in [6.45, 7) is 3.77. The molecule has 2 nitrogen and oxygen atoms in total. The van der Waals surface area contributed by atoms with Crippen LogP contribution in [0.25, 0.3) is 0 Å². The van der Waals surface area contributed by atoms with Gasteiger partial charge in [-0.15, -0.1) is 0 Å². The summed E-state index contributed by atoms with van der Waals surface area (Å²) in [4.78, 5) is 12.7. The van der Waals surface area contributed by atoms with Crippen molar-refractivity contribution in [1.82, 2.24) is 4.90 Å². The molecule has 0 heterocycles. The third-order valence-electron chi connectivity index (χ3n) is 1.24. The Morgan fingerprint density at radius 3 is 1.80 bits per heavy atom. The predicted molar refractivity (Wildman–Crippen MR) is 51.1 cm³/mol. The molecule has 58 valence electrons. The highest BCUT2D eigenvalue weighted by Gasteiger charge is 2.07. The number of nitrogens with zero attached hydrogens (tertiary/aromatic N) is 1. The summed E-state index contributed by atoms with van der Waals surface area (Å²) >= 11 is 2.15. The number of carbonyl (C=O) groups excluding carboxylic acids is 1. The van der Waals surface area contributed by atoms with Crippen molar-refractivity contribution in [2.75, 3.05) is 14.1 Å². The molecule has 0 aromatic carbocycles. The fourth-order valence-electron chi connectivity index (χ4n) is 0.483. The lowest BCUT2D eigenvalue weighted by Gasteiger charge is -2.10. The van der Waals surface area contributed by atoms with Gasteiger partial charge in [-0.1, -0.05) is 0 Å². The molecule has 0 spiro atoms. The van der Waals surface area contributed by atoms with Gasteiger partial charge < -0.3 is 4.90 Å². The van der Waals surface area contributed by atoms with Gasteiger partial charge in [-0.25, -0.2) is 0 Å². The molecule has 10 heavy (non-hydrogen) atoms. The Morgan fingerprint density at radius 2 is 1.70 bits per heavy atom. The van der Waals surface area contributed by atoms with Crippen molar-refractivity contribution in [2.24, 2.45) is 0 Å². The zero-order valence-electron chi connectivity index (χ0n) is 6.73. The quantitative estimate of drug-likeness (QED) is 0.515. The molecule has 0 radical (unpaired) electrons. The fraction of sp³-hybridized carbons (Fsp3) is 0.571. The number of allylic oxidation sites excluding steroid dienone is 1. The molecule has 0 unspecified atom stereocenters. The summed E-state index contributed by atoms with van der Waals surface area (Å²) < 4.78 is 1.05. The van der Waals surface area contributed by atoms with Crippen LogP contribution in [0.3, 0.4) is 0 Å². The number of hydrogen-bond donors (Lipinski definition) is 0. The first kappa shape index (κ1) is 9.94. The van der Waals surface area contributed by atoms with Gasteiger partial charge in [0.2, 0.25) is 5.91 Å². The van der Waals surface area contributed by atoms with E-state index in [1.165, 1.54) is 0 Å². The van der Waals surface area contributed by atoms with Crippen molar-refractivity contribution >= 4 is 28.5 Å². The molecule has 0 aliphatic rings. The number of amides is 1. The first-order chi connectivity index (χ1) is 4.46. The lowest BCUT2D eigenvalue weighted by Crippen LogP contribution is -2.22. The van der Waals surface area contributed by atoms with Gasteiger partial charge in [0.15, 0.2) is 0 Å². The molecule has 0 bridgehead atoms. The second-order valence-corrected chi connectivity index (χ2v) is 3.98. The second-order valence-electron chi connectivity index (χ2n) is 2.36. The van der Waals surface area contributed by atoms with Crippen molar-refractivity contribution in [3.63, 3.8) is 0 Å². The van der Waals surface area contributed by atoms with Crippen LogP contribution in [-0.2, 0) is 4.79 Å². The summed E-state index contributed by atoms with van der Waals surface area (Å²) in [6, 6.07) is 0. The number of hydrogen-bond acceptors (Lipinski definition) is 1. The molecule has 1 amide bonds. The van der Waals surface area contributed by atoms with Crippen LogP contribution in [0.5, 0.6) is 0 Å². The van der Waals surface area contributed by atoms with Crippen LogP contribution in [0.2, 0.25) is 0 Å². The molecule has 0 aliphatic heterocycles. The monoisotopic (exact) mass is 253 g/mol. The van der Waals surface area contributed by atoms with Crippen molar-refractivity contribution in [3.8, 4) is 0 Å². The molecule has 0 saturated carbocycles. The normalized spacial score (nSPS) is 12.5. The SMILES string of the molecule is C/C(I)=C(/C)C(=O)N(C)C. The van der Waals surface area contributed by atoms with Crippen molar-refractivity contribution < 1.29 is 4.79 Å². The molecule has 0 fully saturated rings. The Labute approximate surface area is 75.4 Å². The number of likely N-dealkylation sites (N-methyl/N-ethyl adjacent to an activating group) is 1. The average Bonchev–Trinajstić information content (AvgIpc) is 1.84. The van der Waals surface area contributed by atoms with Crippen LogP contribution >= 0.6 is 22.6 Å². The summed E-state index contributed by atoms with van der Waals surface area (Å²) in [5.74, 6) is 0.0897. The summed E-state index contributed by atoms with van der Waals surface area (Å²) in [7, 11) is 3.51. The Bertz CT molecular complexity index is 168. The minimum Gasteiger partial charge on any atom is -0.345 e. The number of carbonyl (C=O) groups is 1. The molecule has 0 N–H and O–H groups in total. The van der Waals surface area contributed by atoms with Gasteiger partial charge in [0.05, 0.1) is 0 Å². The zero-order valence-corrected chi connectivity index (χ0v) is 8.89. The molecular weight excluding hydrogens is 241 g/mol. The van der Waals surface area contributed by atoms with E-state index in [0.29, 0.717) is 0 Å². The maximum Gasteiger partial charge on any atom is 0.249 e. The largest absolute Gasteiger partial charge is 0.345 e. The Kier molecular flexibility index (Phi) is 3.93. The van der Waals surface area contributed by atoms with Crippen LogP contribution in [-0.4, -0.2) is 24.9 Å². The van der Waals surface area contributed by atoms with E-state index >= 15 is 0 Å². The highest BCUT2D eigenvalue weighted by molar-refractivity contribution is 14.1. The fourth-order valence-corrected chi connectivity index (χ4v) is 0.713. The van der Waals surface area contributed by atoms with Crippen LogP contribution in [0.15, 0.2) is 9.15 Å². The maximum atomic E-state index is 11.1. The summed E-state index contributed by atoms with van der Waals surface area (Å²) in [5, 5.41) is 0. The standard InChI is InChI=1S/C7H12INO/c1-5(6(2)8)7(10)9(3)4/h1-4H3/b6-5+. The highest BCUT2D eigenvalue weighted by Crippen LogP contribution is 2.12. The zero-order chi connectivity index (χ0) is 8.31. The minimum absolute atomic E-state index is 0.0897. The van der Waals surface area contributed by atoms with E-state index in [1.54, 1.807) is 19.0 Å². The lowest BCUT2D eigenvalue weighted by atomic mass is 10.3. The summed E-state index contributed by atoms with van der Waals surface area (Å²) in [6.07, 6.45) is 0. The molecule has 0 aromatic heterocycles. The summed E-state index contributed by atoms with van der Waals surface area (Å²) in [5.41, 5.74) is 0.825. The van der Waals surface area contributed by atoms with Gasteiger partial charge >= 0.3 is 0 Å². The Morgan fingerprint density at radius 1 is 1.30 bits per heavy atom. The van der Waals surface area contributed by atoms with Crippen molar-refractivity contribution in [2.45, 2.75) is 13.8 Å². The van der Waals surface area contributed by atoms with E-state index < -0.39 is 0 Å². The molecule has 0 aromatic rings. The van der Waals surface area contributed by atoms with Gasteiger partial charge in [-0.05, 0) is 40.0 Å². The van der Waals surface area contributed by atoms with Crippen molar-refractivity contribution in [3.05, 3.63) is 9.15 Å². The Hall–Kier alpha value is -0.0600. The molecule has 3 heteroatoms. The lowest BCUT2D eigenvalue weighted by molar-refractivity contribution is -0.124. The molecular formula is C7H12INO. The molecule has 0 aliphatic carbocycles. The van der Waals surface area contributed by atoms with Gasteiger partial charge in [-0.3, -0.25) is 4.79 Å². The third-order valence-corrected chi connectivity index (χ3v) is 2.05. The molecule has 0 atom stereocenters. The first-order valence-electron chi connectivity index (χ1n) is 3.01. The minimum atomic E-state index is 0.0897. The van der Waals surface area contributed by atoms with Crippen LogP contribution in [0, 0.1) is 0 Å². The molecule has 0 rings (SSSR count). The smallest absolute Gasteiger partial charge is 0.249 e. The van der Waals surface area contributed by atoms with E-state index in [0.717, 1.165) is 9.15 Å². The first-order valence-corrected chi connectivity index (χ1v) is 4.09. The molecule has 0 saturated heterocycles. The predicted octanol–water partition coefficient (Wildman–Crippen LogP) is 1.80. The maximum absolute atomic E-state index is 11.1. The van der Waals surface area contributed by atoms with E-state index in [9.17, 15) is 4.79 Å². The van der Waals surface area contributed by atoms with Crippen LogP contribution < -0.4 is 0 Å². The Balaban J connectivity index is 4.38. The van der Waals surface area contributed by atoms with E-state index in [1.807, 2.05) is 13.8 Å². The van der Waals surface area contributed by atoms with E-state index in [2.05, 4.69) is 22.6 Å². The second kappa shape index (κ2) is 3.95. The van der Waals surface area contributed by atoms with E-state index in [-0.39, 0.29) is 5.91 Å². The highest BCUT2D eigenvalue weighted by atomic mass is 127. The van der Waals surface area contributed by atoms with Crippen molar-refractivity contribution in [1.29, 1.82) is 0 Å². The van der Waals surface area contributed by atoms with Gasteiger partial charge in [0, 0.05) is 19.7 Å². The topological polar surface area (TPSA) is 20.3 Å².